The van der Waals surface area contributed by atoms with E-state index in [0.717, 1.165) is 4.68 Å². The SMILES string of the molecule is CN1CCn2nc(C(N)=O)c(CC(=O)Cn3nc(C(F)(F)F)c4c3CCCC4)c2C1=O. The number of Topliss-reactive ketones (excluding diaryl/α,β-unsaturated/α-hetero) is 1. The molecule has 2 aliphatic rings. The number of nitrogens with zero attached hydrogens (tertiary/aromatic N) is 5. The number of halogens is 3. The molecule has 0 radical (unpaired) electrons. The van der Waals surface area contributed by atoms with Gasteiger partial charge in [0.05, 0.1) is 6.54 Å². The number of fused-ring (bicyclic) bond motifs is 2. The van der Waals surface area contributed by atoms with Crippen LogP contribution in [0.25, 0.3) is 0 Å². The summed E-state index contributed by atoms with van der Waals surface area (Å²) in [5.41, 5.74) is 5.02. The van der Waals surface area contributed by atoms with Crippen molar-refractivity contribution in [3.8, 4) is 0 Å². The molecule has 166 valence electrons. The van der Waals surface area contributed by atoms with Gasteiger partial charge in [0.2, 0.25) is 0 Å². The lowest BCUT2D eigenvalue weighted by molar-refractivity contribution is -0.142. The zero-order valence-electron chi connectivity index (χ0n) is 16.8. The van der Waals surface area contributed by atoms with Crippen LogP contribution in [-0.4, -0.2) is 55.7 Å². The number of hydrogen-bond donors (Lipinski definition) is 1. The third-order valence-corrected chi connectivity index (χ3v) is 5.71. The second-order valence-electron chi connectivity index (χ2n) is 7.84. The number of nitrogens with two attached hydrogens (primary N) is 1. The van der Waals surface area contributed by atoms with Crippen LogP contribution >= 0.6 is 0 Å². The molecule has 2 amide bonds. The van der Waals surface area contributed by atoms with Crippen molar-refractivity contribution in [2.24, 2.45) is 5.73 Å². The van der Waals surface area contributed by atoms with Gasteiger partial charge in [-0.2, -0.15) is 23.4 Å². The summed E-state index contributed by atoms with van der Waals surface area (Å²) in [6.07, 6.45) is -2.93. The highest BCUT2D eigenvalue weighted by Gasteiger charge is 2.40. The Hall–Kier alpha value is -3.18. The average molecular weight is 438 g/mol. The summed E-state index contributed by atoms with van der Waals surface area (Å²) < 4.78 is 42.6. The molecule has 0 saturated carbocycles. The molecule has 0 atom stereocenters. The van der Waals surface area contributed by atoms with Gasteiger partial charge in [0.1, 0.15) is 12.2 Å². The van der Waals surface area contributed by atoms with Gasteiger partial charge >= 0.3 is 6.18 Å². The molecule has 0 bridgehead atoms. The van der Waals surface area contributed by atoms with Gasteiger partial charge in [0.15, 0.2) is 17.2 Å². The van der Waals surface area contributed by atoms with E-state index < -0.39 is 36.0 Å². The summed E-state index contributed by atoms with van der Waals surface area (Å²) in [6.45, 7) is 0.331. The van der Waals surface area contributed by atoms with Crippen LogP contribution in [-0.2, 0) is 43.3 Å². The summed E-state index contributed by atoms with van der Waals surface area (Å²) in [7, 11) is 1.59. The van der Waals surface area contributed by atoms with Crippen LogP contribution in [0.15, 0.2) is 0 Å². The first-order chi connectivity index (χ1) is 14.6. The van der Waals surface area contributed by atoms with Crippen molar-refractivity contribution in [3.05, 3.63) is 33.9 Å². The number of ketones is 1. The van der Waals surface area contributed by atoms with Gasteiger partial charge in [0.25, 0.3) is 11.8 Å². The van der Waals surface area contributed by atoms with E-state index in [4.69, 9.17) is 5.73 Å². The molecule has 0 saturated heterocycles. The predicted octanol–water partition coefficient (Wildman–Crippen LogP) is 0.973. The lowest BCUT2D eigenvalue weighted by atomic mass is 9.95. The summed E-state index contributed by atoms with van der Waals surface area (Å²) >= 11 is 0. The Bertz CT molecular complexity index is 1080. The topological polar surface area (TPSA) is 116 Å². The van der Waals surface area contributed by atoms with E-state index >= 15 is 0 Å². The Labute approximate surface area is 175 Å². The Kier molecular flexibility index (Phi) is 5.10. The smallest absolute Gasteiger partial charge is 0.364 e. The zero-order chi connectivity index (χ0) is 22.5. The van der Waals surface area contributed by atoms with Crippen molar-refractivity contribution in [3.63, 3.8) is 0 Å². The van der Waals surface area contributed by atoms with E-state index in [9.17, 15) is 27.6 Å². The van der Waals surface area contributed by atoms with Gasteiger partial charge in [-0.15, -0.1) is 0 Å². The molecule has 2 aromatic heterocycles. The molecule has 3 heterocycles. The maximum atomic E-state index is 13.4. The molecule has 31 heavy (non-hydrogen) atoms. The molecular weight excluding hydrogens is 417 g/mol. The fourth-order valence-corrected chi connectivity index (χ4v) is 4.24. The number of hydrogen-bond acceptors (Lipinski definition) is 5. The molecule has 0 unspecified atom stereocenters. The first-order valence-electron chi connectivity index (χ1n) is 9.90. The number of amides is 2. The molecule has 0 aromatic carbocycles. The number of likely N-dealkylation sites (N-methyl/N-ethyl adjacent to an activating group) is 1. The fraction of sp³-hybridized carbons (Fsp3) is 0.526. The quantitative estimate of drug-likeness (QED) is 0.747. The monoisotopic (exact) mass is 438 g/mol. The Morgan fingerprint density at radius 1 is 1.13 bits per heavy atom. The second kappa shape index (κ2) is 7.50. The molecule has 2 N–H and O–H groups in total. The normalized spacial score (nSPS) is 16.3. The molecule has 2 aromatic rings. The van der Waals surface area contributed by atoms with Crippen LogP contribution in [0, 0.1) is 0 Å². The molecular formula is C19H21F3N6O3. The Morgan fingerprint density at radius 3 is 2.52 bits per heavy atom. The van der Waals surface area contributed by atoms with Crippen molar-refractivity contribution in [2.45, 2.75) is 51.4 Å². The second-order valence-corrected chi connectivity index (χ2v) is 7.84. The average Bonchev–Trinajstić information content (AvgIpc) is 3.24. The lowest BCUT2D eigenvalue weighted by Crippen LogP contribution is -2.38. The third kappa shape index (κ3) is 3.70. The van der Waals surface area contributed by atoms with E-state index in [2.05, 4.69) is 10.2 Å². The minimum atomic E-state index is -4.60. The lowest BCUT2D eigenvalue weighted by Gasteiger charge is -2.24. The minimum Gasteiger partial charge on any atom is -0.364 e. The van der Waals surface area contributed by atoms with E-state index in [0.29, 0.717) is 38.0 Å². The van der Waals surface area contributed by atoms with Crippen LogP contribution < -0.4 is 5.73 Å². The maximum Gasteiger partial charge on any atom is 0.435 e. The Morgan fingerprint density at radius 2 is 1.84 bits per heavy atom. The molecule has 1 aliphatic carbocycles. The van der Waals surface area contributed by atoms with Crippen LogP contribution in [0.4, 0.5) is 13.2 Å². The van der Waals surface area contributed by atoms with Crippen molar-refractivity contribution < 1.29 is 27.6 Å². The minimum absolute atomic E-state index is 0.103. The molecule has 9 nitrogen and oxygen atoms in total. The first kappa shape index (κ1) is 21.1. The summed E-state index contributed by atoms with van der Waals surface area (Å²) in [5.74, 6) is -1.77. The Balaban J connectivity index is 1.65. The van der Waals surface area contributed by atoms with Gasteiger partial charge in [0, 0.05) is 36.8 Å². The zero-order valence-corrected chi connectivity index (χ0v) is 16.8. The number of carbonyl (C=O) groups is 3. The van der Waals surface area contributed by atoms with Crippen LogP contribution in [0.3, 0.4) is 0 Å². The summed E-state index contributed by atoms with van der Waals surface area (Å²) in [4.78, 5) is 38.7. The van der Waals surface area contributed by atoms with Gasteiger partial charge in [-0.05, 0) is 25.7 Å². The fourth-order valence-electron chi connectivity index (χ4n) is 4.24. The molecule has 0 spiro atoms. The maximum absolute atomic E-state index is 13.4. The van der Waals surface area contributed by atoms with Crippen LogP contribution in [0.5, 0.6) is 0 Å². The van der Waals surface area contributed by atoms with Crippen molar-refractivity contribution in [2.75, 3.05) is 13.6 Å². The van der Waals surface area contributed by atoms with Crippen LogP contribution in [0.1, 0.15) is 56.3 Å². The van der Waals surface area contributed by atoms with E-state index in [1.807, 2.05) is 0 Å². The van der Waals surface area contributed by atoms with Gasteiger partial charge < -0.3 is 10.6 Å². The van der Waals surface area contributed by atoms with E-state index in [-0.39, 0.29) is 35.4 Å². The number of primary amides is 1. The molecule has 4 rings (SSSR count). The number of aromatic nitrogens is 4. The van der Waals surface area contributed by atoms with E-state index in [1.54, 1.807) is 7.05 Å². The summed E-state index contributed by atoms with van der Waals surface area (Å²) in [6, 6.07) is 0. The number of alkyl halides is 3. The molecule has 1 aliphatic heterocycles. The van der Waals surface area contributed by atoms with Crippen molar-refractivity contribution in [1.29, 1.82) is 0 Å². The molecule has 0 fully saturated rings. The number of rotatable bonds is 5. The van der Waals surface area contributed by atoms with Gasteiger partial charge in [-0.25, -0.2) is 0 Å². The highest BCUT2D eigenvalue weighted by molar-refractivity contribution is 6.02. The largest absolute Gasteiger partial charge is 0.435 e. The highest BCUT2D eigenvalue weighted by atomic mass is 19.4. The standard InChI is InChI=1S/C19H21F3N6O3/c1-26-6-7-27-15(18(26)31)12(14(24-27)17(23)30)8-10(29)9-28-13-5-3-2-4-11(13)16(25-28)19(20,21)22/h2-9H2,1H3,(H2,23,30). The highest BCUT2D eigenvalue weighted by Crippen LogP contribution is 2.35. The van der Waals surface area contributed by atoms with Crippen molar-refractivity contribution >= 4 is 17.6 Å². The van der Waals surface area contributed by atoms with Gasteiger partial charge in [-0.1, -0.05) is 0 Å². The van der Waals surface area contributed by atoms with Crippen LogP contribution in [0.2, 0.25) is 0 Å². The number of carbonyl (C=O) groups excluding carboxylic acids is 3. The first-order valence-corrected chi connectivity index (χ1v) is 9.90. The van der Waals surface area contributed by atoms with Gasteiger partial charge in [-0.3, -0.25) is 23.7 Å². The summed E-state index contributed by atoms with van der Waals surface area (Å²) in [5, 5.41) is 7.76. The third-order valence-electron chi connectivity index (χ3n) is 5.71. The molecule has 12 heteroatoms. The predicted molar refractivity (Wildman–Crippen MR) is 100 cm³/mol. The van der Waals surface area contributed by atoms with E-state index in [1.165, 1.54) is 9.58 Å². The van der Waals surface area contributed by atoms with Crippen molar-refractivity contribution in [1.82, 2.24) is 24.5 Å².